The molecule has 146 valence electrons. The lowest BCUT2D eigenvalue weighted by Crippen LogP contribution is -2.34. The maximum Gasteiger partial charge on any atom is 0.327 e. The summed E-state index contributed by atoms with van der Waals surface area (Å²) in [6.45, 7) is 7.83. The molecule has 0 aromatic rings. The van der Waals surface area contributed by atoms with E-state index in [2.05, 4.69) is 19.7 Å². The molecular formula is C15H26O10. The van der Waals surface area contributed by atoms with E-state index >= 15 is 0 Å². The molecule has 0 heterocycles. The van der Waals surface area contributed by atoms with Gasteiger partial charge in [0.25, 0.3) is 0 Å². The Kier molecular flexibility index (Phi) is 26.1. The first-order chi connectivity index (χ1) is 11.6. The van der Waals surface area contributed by atoms with Gasteiger partial charge in [-0.3, -0.25) is 0 Å². The molecule has 0 aromatic heterocycles. The quantitative estimate of drug-likeness (QED) is 0.265. The molecular weight excluding hydrogens is 340 g/mol. The highest BCUT2D eigenvalue weighted by Gasteiger charge is 2.26. The molecule has 0 fully saturated rings. The van der Waals surface area contributed by atoms with Crippen molar-refractivity contribution in [1.82, 2.24) is 0 Å². The SMILES string of the molecule is C=CC(=O)O.C=CC(=O)O.C=CC(=O)O.OCCC(CO)(CO)CO. The highest BCUT2D eigenvalue weighted by molar-refractivity contribution is 5.79. The fourth-order valence-electron chi connectivity index (χ4n) is 0.624. The number of rotatable bonds is 8. The molecule has 25 heavy (non-hydrogen) atoms. The van der Waals surface area contributed by atoms with Crippen molar-refractivity contribution in [2.24, 2.45) is 5.41 Å². The van der Waals surface area contributed by atoms with Crippen LogP contribution in [-0.4, -0.2) is 80.1 Å². The first kappa shape index (κ1) is 30.4. The lowest BCUT2D eigenvalue weighted by atomic mass is 9.88. The Morgan fingerprint density at radius 3 is 0.920 bits per heavy atom. The van der Waals surface area contributed by atoms with Gasteiger partial charge in [0.1, 0.15) is 0 Å². The van der Waals surface area contributed by atoms with Crippen LogP contribution in [-0.2, 0) is 14.4 Å². The third-order valence-corrected chi connectivity index (χ3v) is 2.17. The molecule has 0 aliphatic carbocycles. The van der Waals surface area contributed by atoms with E-state index in [1.807, 2.05) is 0 Å². The van der Waals surface area contributed by atoms with Gasteiger partial charge in [-0.05, 0) is 6.42 Å². The zero-order valence-corrected chi connectivity index (χ0v) is 13.7. The molecule has 10 nitrogen and oxygen atoms in total. The summed E-state index contributed by atoms with van der Waals surface area (Å²) in [6.07, 6.45) is 2.72. The van der Waals surface area contributed by atoms with Crippen LogP contribution in [0.3, 0.4) is 0 Å². The fourth-order valence-corrected chi connectivity index (χ4v) is 0.624. The van der Waals surface area contributed by atoms with Crippen LogP contribution < -0.4 is 0 Å². The monoisotopic (exact) mass is 366 g/mol. The van der Waals surface area contributed by atoms with E-state index in [-0.39, 0.29) is 32.8 Å². The van der Waals surface area contributed by atoms with Crippen molar-refractivity contribution in [2.45, 2.75) is 6.42 Å². The molecule has 7 N–H and O–H groups in total. The Bertz CT molecular complexity index is 348. The van der Waals surface area contributed by atoms with Gasteiger partial charge in [0.05, 0.1) is 19.8 Å². The third-order valence-electron chi connectivity index (χ3n) is 2.17. The number of hydrogen-bond donors (Lipinski definition) is 7. The Labute approximate surface area is 145 Å². The Balaban J connectivity index is -0.000000126. The van der Waals surface area contributed by atoms with Crippen molar-refractivity contribution in [2.75, 3.05) is 26.4 Å². The largest absolute Gasteiger partial charge is 0.478 e. The van der Waals surface area contributed by atoms with Gasteiger partial charge in [-0.1, -0.05) is 19.7 Å². The predicted molar refractivity (Wildman–Crippen MR) is 88.9 cm³/mol. The molecule has 10 heteroatoms. The highest BCUT2D eigenvalue weighted by Crippen LogP contribution is 2.18. The van der Waals surface area contributed by atoms with Crippen molar-refractivity contribution in [3.05, 3.63) is 38.0 Å². The van der Waals surface area contributed by atoms with Crippen molar-refractivity contribution in [3.8, 4) is 0 Å². The summed E-state index contributed by atoms with van der Waals surface area (Å²) in [5.74, 6) is -2.94. The van der Waals surface area contributed by atoms with Crippen LogP contribution in [0, 0.1) is 5.41 Å². The fraction of sp³-hybridized carbons (Fsp3) is 0.400. The number of aliphatic hydroxyl groups is 4. The standard InChI is InChI=1S/C6H14O4.3C3H4O2/c7-2-1-6(3-8,4-9)5-10;3*1-2-3(4)5/h7-10H,1-5H2;3*2H,1H2,(H,4,5). The first-order valence-electron chi connectivity index (χ1n) is 6.55. The maximum absolute atomic E-state index is 9.25. The second-order valence-electron chi connectivity index (χ2n) is 4.08. The molecule has 0 aliphatic rings. The zero-order chi connectivity index (χ0) is 20.9. The second-order valence-corrected chi connectivity index (χ2v) is 4.08. The summed E-state index contributed by atoms with van der Waals surface area (Å²) in [5, 5.41) is 57.3. The summed E-state index contributed by atoms with van der Waals surface area (Å²) in [5.41, 5.74) is -0.908. The summed E-state index contributed by atoms with van der Waals surface area (Å²) < 4.78 is 0. The summed E-state index contributed by atoms with van der Waals surface area (Å²) >= 11 is 0. The maximum atomic E-state index is 9.25. The van der Waals surface area contributed by atoms with Gasteiger partial charge >= 0.3 is 17.9 Å². The Morgan fingerprint density at radius 2 is 0.880 bits per heavy atom. The van der Waals surface area contributed by atoms with Gasteiger partial charge in [-0.25, -0.2) is 14.4 Å². The van der Waals surface area contributed by atoms with Gasteiger partial charge in [-0.2, -0.15) is 0 Å². The minimum atomic E-state index is -0.981. The van der Waals surface area contributed by atoms with E-state index in [0.717, 1.165) is 18.2 Å². The van der Waals surface area contributed by atoms with Gasteiger partial charge < -0.3 is 35.7 Å². The Hall–Kier alpha value is -2.53. The molecule has 0 saturated heterocycles. The molecule has 0 amide bonds. The van der Waals surface area contributed by atoms with E-state index in [0.29, 0.717) is 0 Å². The van der Waals surface area contributed by atoms with Crippen LogP contribution in [0.4, 0.5) is 0 Å². The topological polar surface area (TPSA) is 193 Å². The van der Waals surface area contributed by atoms with Gasteiger partial charge in [-0.15, -0.1) is 0 Å². The Morgan fingerprint density at radius 1 is 0.680 bits per heavy atom. The van der Waals surface area contributed by atoms with E-state index < -0.39 is 23.3 Å². The van der Waals surface area contributed by atoms with Gasteiger partial charge in [0, 0.05) is 30.2 Å². The molecule has 0 spiro atoms. The highest BCUT2D eigenvalue weighted by atomic mass is 16.4. The first-order valence-corrected chi connectivity index (χ1v) is 6.55. The molecule has 0 bridgehead atoms. The second kappa shape index (κ2) is 21.5. The number of hydrogen-bond acceptors (Lipinski definition) is 7. The molecule has 0 aromatic carbocycles. The molecule has 0 unspecified atom stereocenters. The van der Waals surface area contributed by atoms with Crippen LogP contribution in [0.5, 0.6) is 0 Å². The molecule has 0 saturated carbocycles. The van der Waals surface area contributed by atoms with Crippen LogP contribution in [0.15, 0.2) is 38.0 Å². The summed E-state index contributed by atoms with van der Waals surface area (Å²) in [7, 11) is 0. The van der Waals surface area contributed by atoms with E-state index in [1.165, 1.54) is 0 Å². The minimum Gasteiger partial charge on any atom is -0.478 e. The van der Waals surface area contributed by atoms with Crippen molar-refractivity contribution < 1.29 is 50.1 Å². The number of aliphatic hydroxyl groups excluding tert-OH is 4. The number of aliphatic carboxylic acids is 3. The summed E-state index contributed by atoms with van der Waals surface area (Å²) in [4.78, 5) is 27.8. The minimum absolute atomic E-state index is 0.137. The van der Waals surface area contributed by atoms with Crippen LogP contribution in [0.25, 0.3) is 0 Å². The van der Waals surface area contributed by atoms with E-state index in [1.54, 1.807) is 0 Å². The van der Waals surface area contributed by atoms with Crippen LogP contribution in [0.2, 0.25) is 0 Å². The van der Waals surface area contributed by atoms with Crippen LogP contribution >= 0.6 is 0 Å². The smallest absolute Gasteiger partial charge is 0.327 e. The van der Waals surface area contributed by atoms with Crippen LogP contribution in [0.1, 0.15) is 6.42 Å². The lowest BCUT2D eigenvalue weighted by molar-refractivity contribution is -0.132. The van der Waals surface area contributed by atoms with Gasteiger partial charge in [0.2, 0.25) is 0 Å². The number of carboxylic acid groups (broad SMARTS) is 3. The summed E-state index contributed by atoms with van der Waals surface area (Å²) in [6, 6.07) is 0. The van der Waals surface area contributed by atoms with E-state index in [4.69, 9.17) is 35.7 Å². The molecule has 0 atom stereocenters. The molecule has 0 aliphatic heterocycles. The molecule has 0 radical (unpaired) electrons. The zero-order valence-electron chi connectivity index (χ0n) is 13.7. The normalized spacial score (nSPS) is 8.64. The van der Waals surface area contributed by atoms with E-state index in [9.17, 15) is 14.4 Å². The number of carbonyl (C=O) groups is 3. The predicted octanol–water partition coefficient (Wildman–Crippen LogP) is -0.897. The molecule has 0 rings (SSSR count). The average Bonchev–Trinajstić information content (AvgIpc) is 2.61. The lowest BCUT2D eigenvalue weighted by Gasteiger charge is -2.25. The van der Waals surface area contributed by atoms with Gasteiger partial charge in [0.15, 0.2) is 0 Å². The third kappa shape index (κ3) is 30.0. The van der Waals surface area contributed by atoms with Crippen molar-refractivity contribution in [1.29, 1.82) is 0 Å². The van der Waals surface area contributed by atoms with Crippen molar-refractivity contribution in [3.63, 3.8) is 0 Å². The number of carboxylic acids is 3. The average molecular weight is 366 g/mol. The van der Waals surface area contributed by atoms with Crippen molar-refractivity contribution >= 4 is 17.9 Å².